The number of amides is 1. The number of halogens is 1. The van der Waals surface area contributed by atoms with Gasteiger partial charge in [0.05, 0.1) is 15.9 Å². The number of aromatic nitrogens is 2. The largest absolute Gasteiger partial charge is 0.356 e. The Morgan fingerprint density at radius 2 is 1.78 bits per heavy atom. The molecule has 32 heavy (non-hydrogen) atoms. The van der Waals surface area contributed by atoms with Crippen molar-refractivity contribution in [1.82, 2.24) is 19.2 Å². The molecule has 0 aliphatic carbocycles. The van der Waals surface area contributed by atoms with Crippen LogP contribution in [-0.4, -0.2) is 47.8 Å². The predicted octanol–water partition coefficient (Wildman–Crippen LogP) is 3.03. The van der Waals surface area contributed by atoms with E-state index in [1.54, 1.807) is 30.3 Å². The van der Waals surface area contributed by atoms with Crippen LogP contribution in [0.1, 0.15) is 31.7 Å². The summed E-state index contributed by atoms with van der Waals surface area (Å²) >= 11 is 0. The number of hydrogen-bond acceptors (Lipinski definition) is 4. The molecule has 0 unspecified atom stereocenters. The normalized spacial score (nSPS) is 11.9. The first-order valence-corrected chi connectivity index (χ1v) is 12.2. The van der Waals surface area contributed by atoms with Crippen LogP contribution in [0.25, 0.3) is 11.0 Å². The van der Waals surface area contributed by atoms with Gasteiger partial charge in [0.1, 0.15) is 11.6 Å². The number of carbonyl (C=O) groups is 1. The molecule has 2 aromatic carbocycles. The number of nitrogens with one attached hydrogen (secondary N) is 1. The summed E-state index contributed by atoms with van der Waals surface area (Å²) in [5.41, 5.74) is 2.36. The van der Waals surface area contributed by atoms with Crippen molar-refractivity contribution in [3.63, 3.8) is 0 Å². The quantitative estimate of drug-likeness (QED) is 0.504. The Labute approximate surface area is 188 Å². The third-order valence-corrected chi connectivity index (χ3v) is 7.56. The summed E-state index contributed by atoms with van der Waals surface area (Å²) in [7, 11) is -1.70. The second-order valence-corrected chi connectivity index (χ2v) is 9.49. The number of benzene rings is 2. The van der Waals surface area contributed by atoms with Crippen molar-refractivity contribution in [3.05, 3.63) is 59.7 Å². The smallest absolute Gasteiger partial charge is 0.243 e. The highest BCUT2D eigenvalue weighted by Gasteiger charge is 2.22. The minimum Gasteiger partial charge on any atom is -0.356 e. The van der Waals surface area contributed by atoms with Crippen LogP contribution in [0.2, 0.25) is 0 Å². The first kappa shape index (κ1) is 23.9. The number of sulfonamides is 1. The van der Waals surface area contributed by atoms with Crippen LogP contribution in [-0.2, 0) is 34.7 Å². The monoisotopic (exact) mass is 460 g/mol. The van der Waals surface area contributed by atoms with Crippen LogP contribution >= 0.6 is 0 Å². The maximum Gasteiger partial charge on any atom is 0.243 e. The fourth-order valence-corrected chi connectivity index (χ4v) is 5.12. The summed E-state index contributed by atoms with van der Waals surface area (Å²) in [4.78, 5) is 17.0. The van der Waals surface area contributed by atoms with E-state index in [0.717, 1.165) is 11.1 Å². The SMILES string of the molecule is CCN(CC)S(=O)(=O)c1ccc2c(c1)nc(CCC(=O)NCCc1ccc(F)cc1)n2C. The number of imidazole rings is 1. The molecule has 0 bridgehead atoms. The molecule has 0 spiro atoms. The molecule has 0 fully saturated rings. The first-order chi connectivity index (χ1) is 15.3. The average molecular weight is 461 g/mol. The molecule has 0 saturated carbocycles. The third kappa shape index (κ3) is 5.34. The van der Waals surface area contributed by atoms with E-state index < -0.39 is 10.0 Å². The molecule has 1 aromatic heterocycles. The molecule has 1 N–H and O–H groups in total. The molecular formula is C23H29FN4O3S. The summed E-state index contributed by atoms with van der Waals surface area (Å²) in [6.07, 6.45) is 1.33. The summed E-state index contributed by atoms with van der Waals surface area (Å²) in [6.45, 7) is 4.90. The topological polar surface area (TPSA) is 84.3 Å². The molecule has 0 radical (unpaired) electrons. The van der Waals surface area contributed by atoms with Crippen molar-refractivity contribution in [2.45, 2.75) is 38.0 Å². The molecule has 1 amide bonds. The predicted molar refractivity (Wildman–Crippen MR) is 122 cm³/mol. The van der Waals surface area contributed by atoms with Crippen molar-refractivity contribution >= 4 is 27.0 Å². The van der Waals surface area contributed by atoms with Crippen LogP contribution in [0.4, 0.5) is 4.39 Å². The number of rotatable bonds is 10. The number of aryl methyl sites for hydroxylation is 2. The highest BCUT2D eigenvalue weighted by Crippen LogP contribution is 2.22. The Hall–Kier alpha value is -2.78. The zero-order valence-electron chi connectivity index (χ0n) is 18.6. The molecular weight excluding hydrogens is 431 g/mol. The van der Waals surface area contributed by atoms with Gasteiger partial charge in [-0.15, -0.1) is 0 Å². The van der Waals surface area contributed by atoms with E-state index in [2.05, 4.69) is 10.3 Å². The second kappa shape index (κ2) is 10.2. The van der Waals surface area contributed by atoms with Gasteiger partial charge in [0, 0.05) is 39.5 Å². The van der Waals surface area contributed by atoms with Crippen LogP contribution in [0.3, 0.4) is 0 Å². The number of fused-ring (bicyclic) bond motifs is 1. The summed E-state index contributed by atoms with van der Waals surface area (Å²) in [6, 6.07) is 11.2. The van der Waals surface area contributed by atoms with E-state index in [-0.39, 0.29) is 23.0 Å². The van der Waals surface area contributed by atoms with Crippen molar-refractivity contribution in [2.75, 3.05) is 19.6 Å². The highest BCUT2D eigenvalue weighted by atomic mass is 32.2. The highest BCUT2D eigenvalue weighted by molar-refractivity contribution is 7.89. The van der Waals surface area contributed by atoms with Crippen molar-refractivity contribution in [2.24, 2.45) is 7.05 Å². The summed E-state index contributed by atoms with van der Waals surface area (Å²) in [5, 5.41) is 2.87. The molecule has 3 aromatic rings. The molecule has 0 aliphatic rings. The molecule has 9 heteroatoms. The van der Waals surface area contributed by atoms with Gasteiger partial charge in [-0.25, -0.2) is 17.8 Å². The van der Waals surface area contributed by atoms with Crippen LogP contribution < -0.4 is 5.32 Å². The zero-order chi connectivity index (χ0) is 23.3. The fraction of sp³-hybridized carbons (Fsp3) is 0.391. The Bertz CT molecular complexity index is 1190. The van der Waals surface area contributed by atoms with Crippen molar-refractivity contribution in [1.29, 1.82) is 0 Å². The van der Waals surface area contributed by atoms with Gasteiger partial charge in [0.15, 0.2) is 0 Å². The van der Waals surface area contributed by atoms with E-state index in [4.69, 9.17) is 0 Å². The van der Waals surface area contributed by atoms with Gasteiger partial charge in [-0.3, -0.25) is 4.79 Å². The van der Waals surface area contributed by atoms with E-state index >= 15 is 0 Å². The molecule has 0 atom stereocenters. The van der Waals surface area contributed by atoms with Crippen molar-refractivity contribution < 1.29 is 17.6 Å². The van der Waals surface area contributed by atoms with E-state index in [0.29, 0.717) is 43.8 Å². The minimum absolute atomic E-state index is 0.0935. The van der Waals surface area contributed by atoms with E-state index in [1.165, 1.54) is 16.4 Å². The lowest BCUT2D eigenvalue weighted by atomic mass is 10.1. The lowest BCUT2D eigenvalue weighted by molar-refractivity contribution is -0.121. The number of hydrogen-bond donors (Lipinski definition) is 1. The molecule has 172 valence electrons. The van der Waals surface area contributed by atoms with Gasteiger partial charge in [-0.1, -0.05) is 26.0 Å². The van der Waals surface area contributed by atoms with Gasteiger partial charge < -0.3 is 9.88 Å². The molecule has 3 rings (SSSR count). The van der Waals surface area contributed by atoms with Crippen LogP contribution in [0.5, 0.6) is 0 Å². The van der Waals surface area contributed by atoms with E-state index in [9.17, 15) is 17.6 Å². The Morgan fingerprint density at radius 3 is 2.44 bits per heavy atom. The lowest BCUT2D eigenvalue weighted by Crippen LogP contribution is -2.30. The second-order valence-electron chi connectivity index (χ2n) is 7.55. The van der Waals surface area contributed by atoms with Gasteiger partial charge in [-0.2, -0.15) is 4.31 Å². The maximum absolute atomic E-state index is 12.9. The summed E-state index contributed by atoms with van der Waals surface area (Å²) in [5.74, 6) is 0.341. The number of nitrogens with zero attached hydrogens (tertiary/aromatic N) is 3. The lowest BCUT2D eigenvalue weighted by Gasteiger charge is -2.18. The Morgan fingerprint density at radius 1 is 1.09 bits per heavy atom. The van der Waals surface area contributed by atoms with Crippen LogP contribution in [0.15, 0.2) is 47.4 Å². The van der Waals surface area contributed by atoms with Gasteiger partial charge >= 0.3 is 0 Å². The van der Waals surface area contributed by atoms with Gasteiger partial charge in [0.2, 0.25) is 15.9 Å². The Balaban J connectivity index is 1.63. The maximum atomic E-state index is 12.9. The molecule has 0 saturated heterocycles. The molecule has 0 aliphatic heterocycles. The number of carbonyl (C=O) groups excluding carboxylic acids is 1. The average Bonchev–Trinajstić information content (AvgIpc) is 3.09. The summed E-state index contributed by atoms with van der Waals surface area (Å²) < 4.78 is 41.8. The first-order valence-electron chi connectivity index (χ1n) is 10.7. The van der Waals surface area contributed by atoms with E-state index in [1.807, 2.05) is 25.5 Å². The molecule has 7 nitrogen and oxygen atoms in total. The van der Waals surface area contributed by atoms with Gasteiger partial charge in [0.25, 0.3) is 0 Å². The van der Waals surface area contributed by atoms with Crippen molar-refractivity contribution in [3.8, 4) is 0 Å². The van der Waals surface area contributed by atoms with Gasteiger partial charge in [-0.05, 0) is 42.3 Å². The van der Waals surface area contributed by atoms with Crippen LogP contribution in [0, 0.1) is 5.82 Å². The Kier molecular flexibility index (Phi) is 7.63. The minimum atomic E-state index is -3.56. The fourth-order valence-electron chi connectivity index (χ4n) is 3.64. The standard InChI is InChI=1S/C23H29FN4O3S/c1-4-28(5-2)32(30,31)19-10-11-21-20(16-19)26-22(27(21)3)12-13-23(29)25-15-14-17-6-8-18(24)9-7-17/h6-11,16H,4-5,12-15H2,1-3H3,(H,25,29). The zero-order valence-corrected chi connectivity index (χ0v) is 19.5. The molecule has 1 heterocycles. The third-order valence-electron chi connectivity index (χ3n) is 5.51.